The molecule has 0 aliphatic rings. The summed E-state index contributed by atoms with van der Waals surface area (Å²) in [6, 6.07) is 7.27. The highest BCUT2D eigenvalue weighted by Gasteiger charge is 2.26. The number of carbonyl (C=O) groups excluding carboxylic acids is 1. The molecule has 4 rings (SSSR count). The van der Waals surface area contributed by atoms with Crippen LogP contribution in [-0.2, 0) is 17.3 Å². The molecule has 0 bridgehead atoms. The van der Waals surface area contributed by atoms with Gasteiger partial charge in [0.1, 0.15) is 12.9 Å². The van der Waals surface area contributed by atoms with Crippen LogP contribution in [0.1, 0.15) is 37.9 Å². The summed E-state index contributed by atoms with van der Waals surface area (Å²) in [6.07, 6.45) is 3.15. The summed E-state index contributed by atoms with van der Waals surface area (Å²) in [4.78, 5) is 25.5. The van der Waals surface area contributed by atoms with Gasteiger partial charge in [-0.05, 0) is 30.2 Å². The molecule has 0 unspecified atom stereocenters. The van der Waals surface area contributed by atoms with Gasteiger partial charge in [-0.2, -0.15) is 5.10 Å². The molecule has 0 aliphatic carbocycles. The van der Waals surface area contributed by atoms with E-state index in [4.69, 9.17) is 0 Å². The predicted octanol–water partition coefficient (Wildman–Crippen LogP) is 3.31. The summed E-state index contributed by atoms with van der Waals surface area (Å²) in [5.74, 6) is -3.63. The number of alkyl halides is 2. The Labute approximate surface area is 175 Å². The molecule has 0 aliphatic heterocycles. The molecule has 0 fully saturated rings. The van der Waals surface area contributed by atoms with Crippen LogP contribution in [0.4, 0.5) is 14.5 Å². The molecule has 1 N–H and O–H groups in total. The lowest BCUT2D eigenvalue weighted by Gasteiger charge is -2.16. The minimum absolute atomic E-state index is 0.144. The normalized spacial score (nSPS) is 12.1. The van der Waals surface area contributed by atoms with Crippen LogP contribution in [0.2, 0.25) is 0 Å². The van der Waals surface area contributed by atoms with E-state index >= 15 is 0 Å². The third kappa shape index (κ3) is 4.00. The summed E-state index contributed by atoms with van der Waals surface area (Å²) in [5, 5.41) is 15.3. The fourth-order valence-corrected chi connectivity index (χ4v) is 3.36. The number of hydrogen-bond donors (Lipinski definition) is 1. The minimum atomic E-state index is -3.04. The zero-order valence-electron chi connectivity index (χ0n) is 17.1. The van der Waals surface area contributed by atoms with Crippen LogP contribution in [0, 0.1) is 0 Å². The van der Waals surface area contributed by atoms with Crippen molar-refractivity contribution in [3.8, 4) is 0 Å². The van der Waals surface area contributed by atoms with E-state index in [0.29, 0.717) is 22.4 Å². The third-order valence-electron chi connectivity index (χ3n) is 4.91. The molecule has 0 saturated heterocycles. The van der Waals surface area contributed by atoms with E-state index < -0.39 is 17.4 Å². The lowest BCUT2D eigenvalue weighted by molar-refractivity contribution is -0.117. The smallest absolute Gasteiger partial charge is 0.275 e. The van der Waals surface area contributed by atoms with Gasteiger partial charge in [-0.3, -0.25) is 14.0 Å². The molecular weight excluding hydrogens is 406 g/mol. The molecule has 0 spiro atoms. The van der Waals surface area contributed by atoms with Crippen LogP contribution in [0.5, 0.6) is 0 Å². The van der Waals surface area contributed by atoms with E-state index in [1.54, 1.807) is 22.7 Å². The summed E-state index contributed by atoms with van der Waals surface area (Å²) < 4.78 is 30.3. The van der Waals surface area contributed by atoms with Gasteiger partial charge in [0, 0.05) is 24.1 Å². The topological polar surface area (TPSA) is 94.2 Å². The van der Waals surface area contributed by atoms with E-state index in [0.717, 1.165) is 11.6 Å². The highest BCUT2D eigenvalue weighted by atomic mass is 19.3. The van der Waals surface area contributed by atoms with Gasteiger partial charge in [-0.15, -0.1) is 10.2 Å². The number of nitrogens with zero attached hydrogens (tertiary/aromatic N) is 5. The fraction of sp³-hybridized carbons (Fsp3) is 0.286. The highest BCUT2D eigenvalue weighted by molar-refractivity contribution is 5.91. The molecule has 3 heterocycles. The Morgan fingerprint density at radius 2 is 1.97 bits per heavy atom. The van der Waals surface area contributed by atoms with Gasteiger partial charge in [-0.1, -0.05) is 19.9 Å². The van der Waals surface area contributed by atoms with Crippen molar-refractivity contribution in [2.75, 3.05) is 5.32 Å². The van der Waals surface area contributed by atoms with Crippen molar-refractivity contribution < 1.29 is 13.6 Å². The molecule has 8 nitrogen and oxygen atoms in total. The van der Waals surface area contributed by atoms with E-state index in [1.807, 2.05) is 13.8 Å². The number of amides is 1. The Morgan fingerprint density at radius 3 is 2.68 bits per heavy atom. The van der Waals surface area contributed by atoms with Crippen molar-refractivity contribution in [3.63, 3.8) is 0 Å². The van der Waals surface area contributed by atoms with Crippen LogP contribution in [0.15, 0.2) is 47.7 Å². The first kappa shape index (κ1) is 20.6. The van der Waals surface area contributed by atoms with Crippen LogP contribution in [0.3, 0.4) is 0 Å². The third-order valence-corrected chi connectivity index (χ3v) is 4.91. The van der Waals surface area contributed by atoms with Crippen molar-refractivity contribution in [2.24, 2.45) is 0 Å². The second kappa shape index (κ2) is 7.53. The minimum Gasteiger partial charge on any atom is -0.323 e. The van der Waals surface area contributed by atoms with E-state index in [1.165, 1.54) is 24.5 Å². The van der Waals surface area contributed by atoms with Gasteiger partial charge in [0.2, 0.25) is 5.91 Å². The summed E-state index contributed by atoms with van der Waals surface area (Å²) in [6.45, 7) is 4.18. The summed E-state index contributed by atoms with van der Waals surface area (Å²) in [5.41, 5.74) is 0.895. The number of nitrogens with one attached hydrogen (secondary N) is 1. The van der Waals surface area contributed by atoms with Crippen LogP contribution >= 0.6 is 0 Å². The first-order valence-corrected chi connectivity index (χ1v) is 9.66. The number of halogens is 2. The molecule has 3 aromatic heterocycles. The Bertz CT molecular complexity index is 1350. The Kier molecular flexibility index (Phi) is 5.00. The average molecular weight is 426 g/mol. The largest absolute Gasteiger partial charge is 0.323 e. The Hall–Kier alpha value is -3.69. The van der Waals surface area contributed by atoms with Crippen molar-refractivity contribution >= 4 is 28.0 Å². The monoisotopic (exact) mass is 426 g/mol. The first-order chi connectivity index (χ1) is 14.6. The number of carbonyl (C=O) groups is 1. The Morgan fingerprint density at radius 1 is 1.19 bits per heavy atom. The molecule has 0 radical (unpaired) electrons. The lowest BCUT2D eigenvalue weighted by Crippen LogP contribution is -2.31. The van der Waals surface area contributed by atoms with Gasteiger partial charge >= 0.3 is 0 Å². The number of hydrogen-bond acceptors (Lipinski definition) is 5. The maximum atomic E-state index is 13.8. The molecule has 10 heteroatoms. The number of aromatic nitrogens is 5. The number of benzene rings is 1. The molecule has 1 aromatic carbocycles. The van der Waals surface area contributed by atoms with E-state index in [-0.39, 0.29) is 23.4 Å². The summed E-state index contributed by atoms with van der Waals surface area (Å²) >= 11 is 0. The lowest BCUT2D eigenvalue weighted by atomic mass is 9.99. The molecule has 31 heavy (non-hydrogen) atoms. The van der Waals surface area contributed by atoms with Crippen molar-refractivity contribution in [3.05, 3.63) is 64.5 Å². The highest BCUT2D eigenvalue weighted by Crippen LogP contribution is 2.31. The van der Waals surface area contributed by atoms with Crippen LogP contribution < -0.4 is 10.9 Å². The maximum absolute atomic E-state index is 13.8. The molecule has 160 valence electrons. The van der Waals surface area contributed by atoms with Gasteiger partial charge in [0.05, 0.1) is 16.8 Å². The molecule has 1 amide bonds. The van der Waals surface area contributed by atoms with Gasteiger partial charge in [-0.25, -0.2) is 13.5 Å². The van der Waals surface area contributed by atoms with Crippen LogP contribution in [0.25, 0.3) is 16.4 Å². The van der Waals surface area contributed by atoms with Crippen molar-refractivity contribution in [2.45, 2.75) is 39.2 Å². The maximum Gasteiger partial charge on any atom is 0.275 e. The van der Waals surface area contributed by atoms with Gasteiger partial charge < -0.3 is 5.32 Å². The quantitative estimate of drug-likeness (QED) is 0.528. The molecular formula is C21H20F2N6O2. The summed E-state index contributed by atoms with van der Waals surface area (Å²) in [7, 11) is 0. The molecule has 4 aromatic rings. The second-order valence-electron chi connectivity index (χ2n) is 7.71. The first-order valence-electron chi connectivity index (χ1n) is 9.66. The van der Waals surface area contributed by atoms with E-state index in [9.17, 15) is 18.4 Å². The zero-order valence-corrected chi connectivity index (χ0v) is 17.1. The van der Waals surface area contributed by atoms with Crippen LogP contribution in [-0.4, -0.2) is 30.3 Å². The number of pyridine rings is 1. The number of rotatable bonds is 5. The number of fused-ring (bicyclic) bond motifs is 2. The predicted molar refractivity (Wildman–Crippen MR) is 111 cm³/mol. The van der Waals surface area contributed by atoms with E-state index in [2.05, 4.69) is 20.6 Å². The Balaban J connectivity index is 1.68. The fourth-order valence-electron chi connectivity index (χ4n) is 3.36. The SMILES string of the molecule is CC(C)c1nn(CC(=O)Nc2ccc3nncn3c2)c(=O)c2ccc(C(C)(F)F)cc12. The molecule has 0 saturated carbocycles. The standard InChI is InChI=1S/C21H20F2N6O2/c1-12(2)19-16-8-13(21(3,22)23)4-6-15(16)20(31)29(27-19)10-18(30)25-14-5-7-17-26-24-11-28(17)9-14/h4-9,11-12H,10H2,1-3H3,(H,25,30). The number of anilines is 1. The molecule has 0 atom stereocenters. The average Bonchev–Trinajstić information content (AvgIpc) is 3.16. The van der Waals surface area contributed by atoms with Gasteiger partial charge in [0.25, 0.3) is 11.5 Å². The van der Waals surface area contributed by atoms with Crippen molar-refractivity contribution in [1.29, 1.82) is 0 Å². The van der Waals surface area contributed by atoms with Crippen molar-refractivity contribution in [1.82, 2.24) is 24.4 Å². The van der Waals surface area contributed by atoms with Gasteiger partial charge in [0.15, 0.2) is 5.65 Å². The second-order valence-corrected chi connectivity index (χ2v) is 7.71. The zero-order chi connectivity index (χ0) is 22.3.